The van der Waals surface area contributed by atoms with Crippen LogP contribution >= 0.6 is 24.0 Å². The van der Waals surface area contributed by atoms with Crippen LogP contribution in [0.25, 0.3) is 0 Å². The lowest BCUT2D eigenvalue weighted by Crippen LogP contribution is -2.54. The van der Waals surface area contributed by atoms with Crippen molar-refractivity contribution in [3.05, 3.63) is 24.2 Å². The predicted octanol–water partition coefficient (Wildman–Crippen LogP) is 1.15. The molecule has 1 fully saturated rings. The van der Waals surface area contributed by atoms with E-state index in [0.717, 1.165) is 13.0 Å². The van der Waals surface area contributed by atoms with E-state index in [4.69, 9.17) is 4.42 Å². The Labute approximate surface area is 171 Å². The highest BCUT2D eigenvalue weighted by atomic mass is 127. The summed E-state index contributed by atoms with van der Waals surface area (Å²) in [6.07, 6.45) is 2.41. The minimum absolute atomic E-state index is 0. The molecule has 2 rings (SSSR count). The summed E-state index contributed by atoms with van der Waals surface area (Å²) >= 11 is 0. The Hall–Kier alpha value is -1.78. The summed E-state index contributed by atoms with van der Waals surface area (Å²) in [5.74, 6) is 0.898. The van der Waals surface area contributed by atoms with E-state index in [9.17, 15) is 9.59 Å². The van der Waals surface area contributed by atoms with Crippen LogP contribution < -0.4 is 10.6 Å². The third-order valence-corrected chi connectivity index (χ3v) is 3.88. The molecule has 9 heteroatoms. The summed E-state index contributed by atoms with van der Waals surface area (Å²) in [5.41, 5.74) is 0. The predicted molar refractivity (Wildman–Crippen MR) is 111 cm³/mol. The summed E-state index contributed by atoms with van der Waals surface area (Å²) < 4.78 is 5.17. The third-order valence-electron chi connectivity index (χ3n) is 3.88. The van der Waals surface area contributed by atoms with Gasteiger partial charge in [-0.05, 0) is 25.5 Å². The summed E-state index contributed by atoms with van der Waals surface area (Å²) in [7, 11) is 0. The van der Waals surface area contributed by atoms with Crippen LogP contribution in [0.5, 0.6) is 0 Å². The molecule has 26 heavy (non-hydrogen) atoms. The van der Waals surface area contributed by atoms with Crippen LogP contribution in [0, 0.1) is 0 Å². The highest BCUT2D eigenvalue weighted by molar-refractivity contribution is 14.0. The zero-order valence-electron chi connectivity index (χ0n) is 15.4. The number of amides is 2. The number of nitrogens with zero attached hydrogens (tertiary/aromatic N) is 3. The smallest absolute Gasteiger partial charge is 0.289 e. The van der Waals surface area contributed by atoms with Crippen LogP contribution in [0.15, 0.2) is 27.8 Å². The molecule has 1 aliphatic heterocycles. The van der Waals surface area contributed by atoms with Gasteiger partial charge in [-0.1, -0.05) is 6.92 Å². The molecule has 0 aliphatic carbocycles. The maximum Gasteiger partial charge on any atom is 0.289 e. The standard InChI is InChI=1S/C17H27N5O3.HI/c1-3-7-19-15(23)13-20-17(18-4-2)22-10-8-21(9-11-22)16(24)14-6-5-12-25-14;/h5-6,12H,3-4,7-11,13H2,1-2H3,(H,18,20)(H,19,23);1H. The Morgan fingerprint density at radius 3 is 2.42 bits per heavy atom. The van der Waals surface area contributed by atoms with Gasteiger partial charge in [0.2, 0.25) is 5.91 Å². The van der Waals surface area contributed by atoms with E-state index in [1.165, 1.54) is 6.26 Å². The van der Waals surface area contributed by atoms with Gasteiger partial charge < -0.3 is 24.9 Å². The molecule has 0 radical (unpaired) electrons. The average Bonchev–Trinajstić information content (AvgIpc) is 3.17. The van der Waals surface area contributed by atoms with Gasteiger partial charge in [0.05, 0.1) is 6.26 Å². The fraction of sp³-hybridized carbons (Fsp3) is 0.588. The number of carbonyl (C=O) groups is 2. The molecule has 0 saturated carbocycles. The fourth-order valence-corrected chi connectivity index (χ4v) is 2.57. The Bertz CT molecular complexity index is 583. The van der Waals surface area contributed by atoms with Gasteiger partial charge in [-0.25, -0.2) is 4.99 Å². The number of halogens is 1. The van der Waals surface area contributed by atoms with E-state index in [2.05, 4.69) is 20.5 Å². The number of carbonyl (C=O) groups excluding carboxylic acids is 2. The second kappa shape index (κ2) is 11.8. The Morgan fingerprint density at radius 2 is 1.85 bits per heavy atom. The van der Waals surface area contributed by atoms with Crippen molar-refractivity contribution >= 4 is 41.8 Å². The zero-order chi connectivity index (χ0) is 18.1. The van der Waals surface area contributed by atoms with Gasteiger partial charge in [0, 0.05) is 39.3 Å². The third kappa shape index (κ3) is 6.50. The van der Waals surface area contributed by atoms with Crippen molar-refractivity contribution in [1.82, 2.24) is 20.4 Å². The number of nitrogens with one attached hydrogen (secondary N) is 2. The van der Waals surface area contributed by atoms with E-state index in [-0.39, 0.29) is 42.3 Å². The molecule has 146 valence electrons. The van der Waals surface area contributed by atoms with Crippen LogP contribution in [-0.2, 0) is 4.79 Å². The first kappa shape index (κ1) is 22.3. The lowest BCUT2D eigenvalue weighted by molar-refractivity contribution is -0.119. The van der Waals surface area contributed by atoms with Crippen LogP contribution in [0.3, 0.4) is 0 Å². The molecule has 0 unspecified atom stereocenters. The molecule has 0 aromatic carbocycles. The van der Waals surface area contributed by atoms with Crippen LogP contribution in [0.1, 0.15) is 30.8 Å². The van der Waals surface area contributed by atoms with Crippen molar-refractivity contribution in [2.45, 2.75) is 20.3 Å². The molecule has 2 amide bonds. The number of furan rings is 1. The summed E-state index contributed by atoms with van der Waals surface area (Å²) in [5, 5.41) is 6.02. The van der Waals surface area contributed by atoms with Crippen molar-refractivity contribution in [3.63, 3.8) is 0 Å². The number of rotatable bonds is 6. The number of hydrogen-bond acceptors (Lipinski definition) is 4. The Morgan fingerprint density at radius 1 is 1.15 bits per heavy atom. The van der Waals surface area contributed by atoms with Crippen LogP contribution in [-0.4, -0.2) is 73.4 Å². The minimum atomic E-state index is -0.0921. The largest absolute Gasteiger partial charge is 0.459 e. The maximum absolute atomic E-state index is 12.3. The highest BCUT2D eigenvalue weighted by Crippen LogP contribution is 2.09. The van der Waals surface area contributed by atoms with E-state index in [1.807, 2.05) is 13.8 Å². The molecule has 1 aromatic heterocycles. The van der Waals surface area contributed by atoms with Gasteiger partial charge in [-0.2, -0.15) is 0 Å². The van der Waals surface area contributed by atoms with Crippen LogP contribution in [0.2, 0.25) is 0 Å². The molecule has 1 aromatic rings. The lowest BCUT2D eigenvalue weighted by Gasteiger charge is -2.36. The van der Waals surface area contributed by atoms with E-state index in [1.54, 1.807) is 17.0 Å². The first-order chi connectivity index (χ1) is 12.2. The average molecular weight is 477 g/mol. The van der Waals surface area contributed by atoms with Crippen molar-refractivity contribution in [2.24, 2.45) is 4.99 Å². The van der Waals surface area contributed by atoms with E-state index < -0.39 is 0 Å². The normalized spacial score (nSPS) is 14.6. The van der Waals surface area contributed by atoms with Gasteiger partial charge in [-0.3, -0.25) is 9.59 Å². The number of piperazine rings is 1. The number of hydrogen-bond donors (Lipinski definition) is 2. The van der Waals surface area contributed by atoms with Crippen molar-refractivity contribution in [2.75, 3.05) is 45.8 Å². The molecule has 1 saturated heterocycles. The molecule has 0 atom stereocenters. The molecule has 2 N–H and O–H groups in total. The monoisotopic (exact) mass is 477 g/mol. The maximum atomic E-state index is 12.3. The number of guanidine groups is 1. The van der Waals surface area contributed by atoms with Gasteiger partial charge in [-0.15, -0.1) is 24.0 Å². The van der Waals surface area contributed by atoms with Crippen molar-refractivity contribution < 1.29 is 14.0 Å². The van der Waals surface area contributed by atoms with Gasteiger partial charge >= 0.3 is 0 Å². The molecule has 0 spiro atoms. The van der Waals surface area contributed by atoms with Crippen LogP contribution in [0.4, 0.5) is 0 Å². The fourth-order valence-electron chi connectivity index (χ4n) is 2.57. The molecule has 0 bridgehead atoms. The molecule has 8 nitrogen and oxygen atoms in total. The van der Waals surface area contributed by atoms with E-state index in [0.29, 0.717) is 44.4 Å². The first-order valence-electron chi connectivity index (χ1n) is 8.78. The summed E-state index contributed by atoms with van der Waals surface area (Å²) in [6, 6.07) is 3.39. The molecule has 2 heterocycles. The Balaban J connectivity index is 0.00000338. The zero-order valence-corrected chi connectivity index (χ0v) is 17.7. The van der Waals surface area contributed by atoms with Gasteiger partial charge in [0.1, 0.15) is 6.54 Å². The molecule has 1 aliphatic rings. The summed E-state index contributed by atoms with van der Waals surface area (Å²) in [4.78, 5) is 32.3. The SMILES string of the molecule is CCCNC(=O)CN=C(NCC)N1CCN(C(=O)c2ccco2)CC1.I. The second-order valence-electron chi connectivity index (χ2n) is 5.78. The van der Waals surface area contributed by atoms with Crippen molar-refractivity contribution in [1.29, 1.82) is 0 Å². The van der Waals surface area contributed by atoms with Gasteiger partial charge in [0.15, 0.2) is 11.7 Å². The number of aliphatic imine (C=N–C) groups is 1. The minimum Gasteiger partial charge on any atom is -0.459 e. The summed E-state index contributed by atoms with van der Waals surface area (Å²) in [6.45, 7) is 8.00. The van der Waals surface area contributed by atoms with Crippen molar-refractivity contribution in [3.8, 4) is 0 Å². The Kier molecular flexibility index (Phi) is 10.1. The molecular formula is C17H28IN5O3. The second-order valence-corrected chi connectivity index (χ2v) is 5.78. The first-order valence-corrected chi connectivity index (χ1v) is 8.78. The van der Waals surface area contributed by atoms with Gasteiger partial charge in [0.25, 0.3) is 5.91 Å². The van der Waals surface area contributed by atoms with E-state index >= 15 is 0 Å². The quantitative estimate of drug-likeness (QED) is 0.365. The highest BCUT2D eigenvalue weighted by Gasteiger charge is 2.25. The topological polar surface area (TPSA) is 90.2 Å². The lowest BCUT2D eigenvalue weighted by atomic mass is 10.3. The molecular weight excluding hydrogens is 449 g/mol.